The summed E-state index contributed by atoms with van der Waals surface area (Å²) in [5, 5.41) is 14.6. The zero-order valence-corrected chi connectivity index (χ0v) is 8.85. The summed E-state index contributed by atoms with van der Waals surface area (Å²) >= 11 is 0. The van der Waals surface area contributed by atoms with Crippen molar-refractivity contribution in [3.05, 3.63) is 35.4 Å². The van der Waals surface area contributed by atoms with Gasteiger partial charge in [0.1, 0.15) is 5.82 Å². The van der Waals surface area contributed by atoms with E-state index in [1.54, 1.807) is 0 Å². The molecule has 18 heavy (non-hydrogen) atoms. The maximum absolute atomic E-state index is 13.2. The molecule has 0 aliphatic carbocycles. The standard InChI is InChI=1S/C9H7FN6O2/c10-6-2-1-4(3-5(6)7(11)17)12-9(18)8-13-15-16-14-8/h1-3H,(H2,11,17)(H,12,18)(H,13,14,15,16). The van der Waals surface area contributed by atoms with E-state index in [1.165, 1.54) is 6.07 Å². The molecule has 0 saturated carbocycles. The van der Waals surface area contributed by atoms with Gasteiger partial charge >= 0.3 is 0 Å². The Morgan fingerprint density at radius 2 is 2.17 bits per heavy atom. The van der Waals surface area contributed by atoms with E-state index in [0.29, 0.717) is 0 Å². The molecule has 0 fully saturated rings. The van der Waals surface area contributed by atoms with Crippen LogP contribution in [0.25, 0.3) is 0 Å². The number of rotatable bonds is 3. The Labute approximate surface area is 99.4 Å². The lowest BCUT2D eigenvalue weighted by Crippen LogP contribution is -2.16. The van der Waals surface area contributed by atoms with Crippen LogP contribution in [0.15, 0.2) is 18.2 Å². The number of hydrogen-bond acceptors (Lipinski definition) is 5. The summed E-state index contributed by atoms with van der Waals surface area (Å²) in [6.45, 7) is 0. The molecule has 1 aromatic carbocycles. The Morgan fingerprint density at radius 1 is 1.39 bits per heavy atom. The SMILES string of the molecule is NC(=O)c1cc(NC(=O)c2nn[nH]n2)ccc1F. The van der Waals surface area contributed by atoms with E-state index >= 15 is 0 Å². The number of aromatic amines is 1. The van der Waals surface area contributed by atoms with Gasteiger partial charge in [-0.05, 0) is 23.4 Å². The fourth-order valence-corrected chi connectivity index (χ4v) is 1.24. The molecule has 0 unspecified atom stereocenters. The van der Waals surface area contributed by atoms with Crippen molar-refractivity contribution in [3.63, 3.8) is 0 Å². The number of anilines is 1. The van der Waals surface area contributed by atoms with Crippen LogP contribution >= 0.6 is 0 Å². The first kappa shape index (κ1) is 11.6. The molecule has 2 amide bonds. The van der Waals surface area contributed by atoms with Crippen molar-refractivity contribution in [1.29, 1.82) is 0 Å². The molecule has 8 nitrogen and oxygen atoms in total. The summed E-state index contributed by atoms with van der Waals surface area (Å²) < 4.78 is 13.2. The molecule has 0 bridgehead atoms. The van der Waals surface area contributed by atoms with Crippen LogP contribution in [-0.2, 0) is 0 Å². The second-order valence-corrected chi connectivity index (χ2v) is 3.25. The number of carbonyl (C=O) groups is 2. The number of hydrogen-bond donors (Lipinski definition) is 3. The monoisotopic (exact) mass is 250 g/mol. The van der Waals surface area contributed by atoms with Gasteiger partial charge in [-0.15, -0.1) is 10.2 Å². The number of H-pyrrole nitrogens is 1. The molecule has 2 aromatic rings. The molecular formula is C9H7FN6O2. The van der Waals surface area contributed by atoms with Crippen LogP contribution < -0.4 is 11.1 Å². The lowest BCUT2D eigenvalue weighted by Gasteiger charge is -2.04. The van der Waals surface area contributed by atoms with Crippen LogP contribution in [0.2, 0.25) is 0 Å². The van der Waals surface area contributed by atoms with E-state index in [4.69, 9.17) is 5.73 Å². The average molecular weight is 250 g/mol. The third-order valence-corrected chi connectivity index (χ3v) is 2.04. The Kier molecular flexibility index (Phi) is 2.96. The minimum absolute atomic E-state index is 0.181. The van der Waals surface area contributed by atoms with Crippen molar-refractivity contribution in [1.82, 2.24) is 20.6 Å². The highest BCUT2D eigenvalue weighted by atomic mass is 19.1. The first-order valence-corrected chi connectivity index (χ1v) is 4.72. The van der Waals surface area contributed by atoms with Gasteiger partial charge < -0.3 is 11.1 Å². The van der Waals surface area contributed by atoms with Crippen molar-refractivity contribution in [2.24, 2.45) is 5.73 Å². The van der Waals surface area contributed by atoms with Gasteiger partial charge in [0.15, 0.2) is 0 Å². The quantitative estimate of drug-likeness (QED) is 0.688. The van der Waals surface area contributed by atoms with Crippen molar-refractivity contribution in [2.45, 2.75) is 0 Å². The van der Waals surface area contributed by atoms with E-state index in [2.05, 4.69) is 25.9 Å². The maximum atomic E-state index is 13.2. The third kappa shape index (κ3) is 2.29. The van der Waals surface area contributed by atoms with Crippen molar-refractivity contribution in [2.75, 3.05) is 5.32 Å². The molecule has 9 heteroatoms. The number of halogens is 1. The number of nitrogens with two attached hydrogens (primary N) is 1. The molecule has 4 N–H and O–H groups in total. The first-order valence-electron chi connectivity index (χ1n) is 4.72. The maximum Gasteiger partial charge on any atom is 0.297 e. The first-order chi connectivity index (χ1) is 8.58. The molecule has 0 spiro atoms. The number of nitrogens with one attached hydrogen (secondary N) is 2. The van der Waals surface area contributed by atoms with Crippen LogP contribution in [0.5, 0.6) is 0 Å². The average Bonchev–Trinajstić information content (AvgIpc) is 2.85. The largest absolute Gasteiger partial charge is 0.366 e. The van der Waals surface area contributed by atoms with Crippen LogP contribution in [0, 0.1) is 5.82 Å². The molecule has 1 heterocycles. The normalized spacial score (nSPS) is 10.1. The summed E-state index contributed by atoms with van der Waals surface area (Å²) in [5.41, 5.74) is 4.85. The third-order valence-electron chi connectivity index (χ3n) is 2.04. The van der Waals surface area contributed by atoms with Crippen molar-refractivity contribution < 1.29 is 14.0 Å². The van der Waals surface area contributed by atoms with Gasteiger partial charge in [-0.3, -0.25) is 9.59 Å². The number of benzene rings is 1. The van der Waals surface area contributed by atoms with Gasteiger partial charge in [-0.25, -0.2) is 4.39 Å². The highest BCUT2D eigenvalue weighted by molar-refractivity contribution is 6.02. The number of aromatic nitrogens is 4. The Balaban J connectivity index is 2.22. The minimum Gasteiger partial charge on any atom is -0.366 e. The molecule has 0 atom stereocenters. The second-order valence-electron chi connectivity index (χ2n) is 3.25. The van der Waals surface area contributed by atoms with Gasteiger partial charge in [0, 0.05) is 5.69 Å². The number of carbonyl (C=O) groups excluding carboxylic acids is 2. The second kappa shape index (κ2) is 4.57. The number of tetrazole rings is 1. The van der Waals surface area contributed by atoms with E-state index in [9.17, 15) is 14.0 Å². The molecule has 1 aromatic heterocycles. The Morgan fingerprint density at radius 3 is 2.78 bits per heavy atom. The fraction of sp³-hybridized carbons (Fsp3) is 0. The van der Waals surface area contributed by atoms with Crippen LogP contribution in [0.3, 0.4) is 0 Å². The van der Waals surface area contributed by atoms with Gasteiger partial charge in [-0.1, -0.05) is 0 Å². The fourth-order valence-electron chi connectivity index (χ4n) is 1.24. The molecule has 0 aliphatic heterocycles. The van der Waals surface area contributed by atoms with E-state index in [0.717, 1.165) is 12.1 Å². The molecule has 0 saturated heterocycles. The lowest BCUT2D eigenvalue weighted by molar-refractivity contribution is 0.0991. The number of amides is 2. The highest BCUT2D eigenvalue weighted by Crippen LogP contribution is 2.14. The zero-order valence-electron chi connectivity index (χ0n) is 8.85. The Hall–Kier alpha value is -2.84. The molecule has 0 aliphatic rings. The predicted octanol–water partition coefficient (Wildman–Crippen LogP) is -0.310. The van der Waals surface area contributed by atoms with Gasteiger partial charge in [0.25, 0.3) is 17.6 Å². The number of nitrogens with zero attached hydrogens (tertiary/aromatic N) is 3. The van der Waals surface area contributed by atoms with Crippen molar-refractivity contribution >= 4 is 17.5 Å². The van der Waals surface area contributed by atoms with Crippen LogP contribution in [0.4, 0.5) is 10.1 Å². The summed E-state index contributed by atoms with van der Waals surface area (Å²) in [6.07, 6.45) is 0. The summed E-state index contributed by atoms with van der Waals surface area (Å²) in [4.78, 5) is 22.5. The smallest absolute Gasteiger partial charge is 0.297 e. The van der Waals surface area contributed by atoms with Crippen LogP contribution in [-0.4, -0.2) is 32.4 Å². The van der Waals surface area contributed by atoms with Gasteiger partial charge in [0.05, 0.1) is 5.56 Å². The van der Waals surface area contributed by atoms with Crippen LogP contribution in [0.1, 0.15) is 21.0 Å². The Bertz CT molecular complexity index is 597. The van der Waals surface area contributed by atoms with Gasteiger partial charge in [-0.2, -0.15) is 5.21 Å². The summed E-state index contributed by atoms with van der Waals surface area (Å²) in [7, 11) is 0. The molecule has 92 valence electrons. The topological polar surface area (TPSA) is 127 Å². The van der Waals surface area contributed by atoms with E-state index in [-0.39, 0.29) is 17.1 Å². The summed E-state index contributed by atoms with van der Waals surface area (Å²) in [5.74, 6) is -2.52. The van der Waals surface area contributed by atoms with E-state index in [1.807, 2.05) is 0 Å². The zero-order chi connectivity index (χ0) is 13.1. The highest BCUT2D eigenvalue weighted by Gasteiger charge is 2.13. The predicted molar refractivity (Wildman–Crippen MR) is 57.0 cm³/mol. The van der Waals surface area contributed by atoms with Gasteiger partial charge in [0.2, 0.25) is 0 Å². The summed E-state index contributed by atoms with van der Waals surface area (Å²) in [6, 6.07) is 3.42. The molecule has 0 radical (unpaired) electrons. The molecule has 2 rings (SSSR count). The number of primary amides is 1. The minimum atomic E-state index is -0.928. The van der Waals surface area contributed by atoms with Crippen molar-refractivity contribution in [3.8, 4) is 0 Å². The van der Waals surface area contributed by atoms with E-state index < -0.39 is 17.6 Å². The lowest BCUT2D eigenvalue weighted by atomic mass is 10.2. The molecular weight excluding hydrogens is 243 g/mol.